The van der Waals surface area contributed by atoms with E-state index in [9.17, 15) is 4.79 Å². The molecule has 2 rings (SSSR count). The average molecular weight is 274 g/mol. The second kappa shape index (κ2) is 6.98. The molecule has 110 valence electrons. The second-order valence-electron chi connectivity index (χ2n) is 6.34. The molecule has 0 amide bonds. The molecular weight excluding hydrogens is 248 g/mol. The normalized spacial score (nSPS) is 26.6. The van der Waals surface area contributed by atoms with Crippen LogP contribution in [0, 0.1) is 11.3 Å². The fraction of sp³-hybridized carbons (Fsp3) is 0.647. The lowest BCUT2D eigenvalue weighted by Gasteiger charge is -2.39. The highest BCUT2D eigenvalue weighted by Gasteiger charge is 2.36. The minimum atomic E-state index is -0.124. The number of pyridine rings is 1. The third-order valence-corrected chi connectivity index (χ3v) is 4.52. The molecular formula is C17H26N2O. The summed E-state index contributed by atoms with van der Waals surface area (Å²) in [6.45, 7) is 7.22. The first-order chi connectivity index (χ1) is 9.67. The summed E-state index contributed by atoms with van der Waals surface area (Å²) >= 11 is 0. The van der Waals surface area contributed by atoms with Crippen LogP contribution in [0.15, 0.2) is 24.5 Å². The van der Waals surface area contributed by atoms with Crippen molar-refractivity contribution in [2.75, 3.05) is 13.1 Å². The predicted molar refractivity (Wildman–Crippen MR) is 81.3 cm³/mol. The first-order valence-corrected chi connectivity index (χ1v) is 7.75. The first kappa shape index (κ1) is 15.2. The van der Waals surface area contributed by atoms with Crippen LogP contribution in [0.5, 0.6) is 0 Å². The first-order valence-electron chi connectivity index (χ1n) is 7.75. The van der Waals surface area contributed by atoms with Crippen LogP contribution in [0.1, 0.15) is 45.1 Å². The van der Waals surface area contributed by atoms with Gasteiger partial charge in [-0.05, 0) is 43.0 Å². The zero-order valence-corrected chi connectivity index (χ0v) is 12.7. The van der Waals surface area contributed by atoms with Gasteiger partial charge in [-0.2, -0.15) is 0 Å². The van der Waals surface area contributed by atoms with Crippen LogP contribution in [0.3, 0.4) is 0 Å². The second-order valence-corrected chi connectivity index (χ2v) is 6.34. The minimum Gasteiger partial charge on any atom is -0.303 e. The maximum absolute atomic E-state index is 11.7. The number of nitrogens with zero attached hydrogens (tertiary/aromatic N) is 2. The molecule has 1 aliphatic rings. The van der Waals surface area contributed by atoms with Gasteiger partial charge in [0.15, 0.2) is 0 Å². The van der Waals surface area contributed by atoms with E-state index in [2.05, 4.69) is 35.9 Å². The molecule has 1 saturated carbocycles. The Morgan fingerprint density at radius 2 is 2.20 bits per heavy atom. The highest BCUT2D eigenvalue weighted by molar-refractivity contribution is 5.60. The van der Waals surface area contributed by atoms with E-state index >= 15 is 0 Å². The molecule has 1 aromatic rings. The van der Waals surface area contributed by atoms with E-state index in [1.165, 1.54) is 24.7 Å². The van der Waals surface area contributed by atoms with Gasteiger partial charge in [-0.3, -0.25) is 9.88 Å². The van der Waals surface area contributed by atoms with E-state index in [0.29, 0.717) is 5.92 Å². The summed E-state index contributed by atoms with van der Waals surface area (Å²) in [6, 6.07) is 4.11. The number of hydrogen-bond acceptors (Lipinski definition) is 3. The van der Waals surface area contributed by atoms with Crippen LogP contribution >= 0.6 is 0 Å². The Bertz CT molecular complexity index is 420. The molecule has 2 atom stereocenters. The molecule has 3 nitrogen and oxygen atoms in total. The van der Waals surface area contributed by atoms with E-state index in [1.807, 2.05) is 12.4 Å². The zero-order valence-electron chi connectivity index (χ0n) is 12.7. The van der Waals surface area contributed by atoms with Crippen molar-refractivity contribution in [2.24, 2.45) is 11.3 Å². The molecule has 0 radical (unpaired) electrons. The Balaban J connectivity index is 2.02. The van der Waals surface area contributed by atoms with Gasteiger partial charge in [-0.25, -0.2) is 0 Å². The molecule has 0 saturated heterocycles. The van der Waals surface area contributed by atoms with Gasteiger partial charge in [-0.1, -0.05) is 26.7 Å². The lowest BCUT2D eigenvalue weighted by atomic mass is 9.70. The predicted octanol–water partition coefficient (Wildman–Crippen LogP) is 3.30. The summed E-state index contributed by atoms with van der Waals surface area (Å²) in [5.74, 6) is 0.675. The van der Waals surface area contributed by atoms with Crippen LogP contribution in [-0.4, -0.2) is 29.3 Å². The fourth-order valence-corrected chi connectivity index (χ4v) is 3.46. The molecule has 1 aliphatic carbocycles. The van der Waals surface area contributed by atoms with Crippen molar-refractivity contribution >= 4 is 6.29 Å². The lowest BCUT2D eigenvalue weighted by Crippen LogP contribution is -2.41. The highest BCUT2D eigenvalue weighted by Crippen LogP contribution is 2.38. The SMILES string of the molecule is CCN(Cc1ccncc1)CC1(C=O)CCCC(C)C1. The Morgan fingerprint density at radius 3 is 2.80 bits per heavy atom. The molecule has 1 fully saturated rings. The summed E-state index contributed by atoms with van der Waals surface area (Å²) in [5.41, 5.74) is 1.15. The van der Waals surface area contributed by atoms with E-state index in [4.69, 9.17) is 0 Å². The Kier molecular flexibility index (Phi) is 5.30. The van der Waals surface area contributed by atoms with Crippen molar-refractivity contribution < 1.29 is 4.79 Å². The van der Waals surface area contributed by atoms with Gasteiger partial charge in [0.05, 0.1) is 0 Å². The monoisotopic (exact) mass is 274 g/mol. The van der Waals surface area contributed by atoms with E-state index in [1.54, 1.807) is 0 Å². The molecule has 0 spiro atoms. The number of rotatable bonds is 6. The van der Waals surface area contributed by atoms with Crippen LogP contribution in [-0.2, 0) is 11.3 Å². The van der Waals surface area contributed by atoms with Crippen molar-refractivity contribution in [1.82, 2.24) is 9.88 Å². The Hall–Kier alpha value is -1.22. The molecule has 1 aromatic heterocycles. The van der Waals surface area contributed by atoms with Gasteiger partial charge in [0.2, 0.25) is 0 Å². The molecule has 2 unspecified atom stereocenters. The van der Waals surface area contributed by atoms with Gasteiger partial charge in [0.25, 0.3) is 0 Å². The number of hydrogen-bond donors (Lipinski definition) is 0. The Morgan fingerprint density at radius 1 is 1.45 bits per heavy atom. The molecule has 0 bridgehead atoms. The quantitative estimate of drug-likeness (QED) is 0.746. The topological polar surface area (TPSA) is 33.2 Å². The fourth-order valence-electron chi connectivity index (χ4n) is 3.46. The van der Waals surface area contributed by atoms with Crippen LogP contribution in [0.2, 0.25) is 0 Å². The number of carbonyl (C=O) groups is 1. The highest BCUT2D eigenvalue weighted by atomic mass is 16.1. The van der Waals surface area contributed by atoms with Gasteiger partial charge in [0.1, 0.15) is 6.29 Å². The largest absolute Gasteiger partial charge is 0.303 e. The van der Waals surface area contributed by atoms with E-state index in [-0.39, 0.29) is 5.41 Å². The van der Waals surface area contributed by atoms with Crippen LogP contribution in [0.25, 0.3) is 0 Å². The maximum atomic E-state index is 11.7. The zero-order chi connectivity index (χ0) is 14.4. The van der Waals surface area contributed by atoms with E-state index in [0.717, 1.165) is 32.5 Å². The molecule has 3 heteroatoms. The summed E-state index contributed by atoms with van der Waals surface area (Å²) in [7, 11) is 0. The Labute approximate surface area is 122 Å². The average Bonchev–Trinajstić information content (AvgIpc) is 2.47. The van der Waals surface area contributed by atoms with Crippen molar-refractivity contribution in [1.29, 1.82) is 0 Å². The molecule has 0 N–H and O–H groups in total. The lowest BCUT2D eigenvalue weighted by molar-refractivity contribution is -0.120. The van der Waals surface area contributed by atoms with Gasteiger partial charge >= 0.3 is 0 Å². The molecule has 1 heterocycles. The van der Waals surface area contributed by atoms with Crippen molar-refractivity contribution in [2.45, 2.75) is 46.1 Å². The molecule has 20 heavy (non-hydrogen) atoms. The number of aromatic nitrogens is 1. The molecule has 0 aromatic carbocycles. The van der Waals surface area contributed by atoms with Crippen molar-refractivity contribution in [3.05, 3.63) is 30.1 Å². The van der Waals surface area contributed by atoms with E-state index < -0.39 is 0 Å². The van der Waals surface area contributed by atoms with Gasteiger partial charge < -0.3 is 4.79 Å². The van der Waals surface area contributed by atoms with Gasteiger partial charge in [0, 0.05) is 30.9 Å². The maximum Gasteiger partial charge on any atom is 0.127 e. The van der Waals surface area contributed by atoms with Crippen LogP contribution < -0.4 is 0 Å². The minimum absolute atomic E-state index is 0.124. The van der Waals surface area contributed by atoms with Crippen molar-refractivity contribution in [3.8, 4) is 0 Å². The summed E-state index contributed by atoms with van der Waals surface area (Å²) < 4.78 is 0. The third-order valence-electron chi connectivity index (χ3n) is 4.52. The summed E-state index contributed by atoms with van der Waals surface area (Å²) in [4.78, 5) is 18.1. The standard InChI is InChI=1S/C17H26N2O/c1-3-19(12-16-6-9-18-10-7-16)13-17(14-20)8-4-5-15(2)11-17/h6-7,9-10,14-15H,3-5,8,11-13H2,1-2H3. The molecule has 0 aliphatic heterocycles. The van der Waals surface area contributed by atoms with Gasteiger partial charge in [-0.15, -0.1) is 0 Å². The summed E-state index contributed by atoms with van der Waals surface area (Å²) in [6.07, 6.45) is 9.45. The third kappa shape index (κ3) is 3.89. The van der Waals surface area contributed by atoms with Crippen LogP contribution in [0.4, 0.5) is 0 Å². The number of aldehydes is 1. The smallest absolute Gasteiger partial charge is 0.127 e. The number of carbonyl (C=O) groups excluding carboxylic acids is 1. The summed E-state index contributed by atoms with van der Waals surface area (Å²) in [5, 5.41) is 0. The van der Waals surface area contributed by atoms with Crippen molar-refractivity contribution in [3.63, 3.8) is 0 Å².